The molecule has 0 aliphatic rings. The monoisotopic (exact) mass is 246 g/mol. The highest BCUT2D eigenvalue weighted by Crippen LogP contribution is 2.21. The molecular weight excluding hydrogens is 224 g/mol. The summed E-state index contributed by atoms with van der Waals surface area (Å²) in [6.07, 6.45) is 1.89. The van der Waals surface area contributed by atoms with E-state index in [2.05, 4.69) is 12.6 Å². The molecule has 0 fully saturated rings. The van der Waals surface area contributed by atoms with Crippen molar-refractivity contribution < 1.29 is 14.3 Å². The molecule has 0 radical (unpaired) electrons. The van der Waals surface area contributed by atoms with Crippen LogP contribution in [-0.4, -0.2) is 23.1 Å². The molecule has 0 saturated carbocycles. The quantitative estimate of drug-likeness (QED) is 0.426. The molecule has 0 aromatic rings. The average molecular weight is 246 g/mol. The predicted octanol–water partition coefficient (Wildman–Crippen LogP) is 2.63. The molecule has 0 rings (SSSR count). The third kappa shape index (κ3) is 5.01. The van der Waals surface area contributed by atoms with Gasteiger partial charge in [-0.2, -0.15) is 12.6 Å². The molecule has 0 spiro atoms. The number of esters is 1. The van der Waals surface area contributed by atoms with E-state index in [0.717, 1.165) is 12.8 Å². The number of rotatable bonds is 7. The van der Waals surface area contributed by atoms with Crippen molar-refractivity contribution in [3.05, 3.63) is 0 Å². The van der Waals surface area contributed by atoms with Crippen LogP contribution in [-0.2, 0) is 14.3 Å². The Morgan fingerprint density at radius 2 is 1.94 bits per heavy atom. The fourth-order valence-corrected chi connectivity index (χ4v) is 1.29. The van der Waals surface area contributed by atoms with Crippen molar-refractivity contribution in [2.75, 3.05) is 6.61 Å². The van der Waals surface area contributed by atoms with Crippen LogP contribution in [0, 0.1) is 5.92 Å². The van der Waals surface area contributed by atoms with Gasteiger partial charge in [-0.05, 0) is 25.7 Å². The van der Waals surface area contributed by atoms with E-state index in [1.807, 2.05) is 20.8 Å². The Kier molecular flexibility index (Phi) is 6.72. The molecule has 1 unspecified atom stereocenters. The van der Waals surface area contributed by atoms with Gasteiger partial charge in [-0.1, -0.05) is 20.8 Å². The van der Waals surface area contributed by atoms with Gasteiger partial charge in [0, 0.05) is 6.42 Å². The van der Waals surface area contributed by atoms with Gasteiger partial charge in [-0.15, -0.1) is 0 Å². The van der Waals surface area contributed by atoms with E-state index in [9.17, 15) is 9.59 Å². The summed E-state index contributed by atoms with van der Waals surface area (Å²) in [5.41, 5.74) is 0. The van der Waals surface area contributed by atoms with Gasteiger partial charge in [0.15, 0.2) is 10.5 Å². The molecule has 16 heavy (non-hydrogen) atoms. The molecule has 4 heteroatoms. The third-order valence-corrected chi connectivity index (χ3v) is 2.76. The van der Waals surface area contributed by atoms with Crippen LogP contribution >= 0.6 is 12.6 Å². The fraction of sp³-hybridized carbons (Fsp3) is 0.833. The molecular formula is C12H22O3S. The molecule has 0 aliphatic heterocycles. The first-order chi connectivity index (χ1) is 7.32. The number of hydrogen-bond acceptors (Lipinski definition) is 4. The van der Waals surface area contributed by atoms with Crippen LogP contribution < -0.4 is 0 Å². The highest BCUT2D eigenvalue weighted by Gasteiger charge is 2.38. The summed E-state index contributed by atoms with van der Waals surface area (Å²) in [6, 6.07) is 0. The Bertz CT molecular complexity index is 247. The van der Waals surface area contributed by atoms with E-state index in [4.69, 9.17) is 4.74 Å². The van der Waals surface area contributed by atoms with Crippen LogP contribution in [0.1, 0.15) is 47.0 Å². The molecule has 0 heterocycles. The second-order valence-corrected chi connectivity index (χ2v) is 5.46. The van der Waals surface area contributed by atoms with Gasteiger partial charge in [0.25, 0.3) is 0 Å². The first kappa shape index (κ1) is 15.5. The fourth-order valence-electron chi connectivity index (χ4n) is 1.11. The first-order valence-corrected chi connectivity index (χ1v) is 6.20. The third-order valence-electron chi connectivity index (χ3n) is 2.33. The molecule has 0 bridgehead atoms. The maximum atomic E-state index is 11.8. The molecule has 1 atom stereocenters. The number of thiol groups is 1. The Morgan fingerprint density at radius 3 is 2.38 bits per heavy atom. The predicted molar refractivity (Wildman–Crippen MR) is 67.7 cm³/mol. The Balaban J connectivity index is 4.28. The topological polar surface area (TPSA) is 43.4 Å². The maximum Gasteiger partial charge on any atom is 0.329 e. The Labute approximate surface area is 103 Å². The van der Waals surface area contributed by atoms with Crippen molar-refractivity contribution in [3.63, 3.8) is 0 Å². The second-order valence-electron chi connectivity index (χ2n) is 4.56. The minimum absolute atomic E-state index is 0.161. The molecule has 94 valence electrons. The highest BCUT2D eigenvalue weighted by molar-refractivity contribution is 7.83. The van der Waals surface area contributed by atoms with E-state index in [0.29, 0.717) is 18.9 Å². The Morgan fingerprint density at radius 1 is 1.38 bits per heavy atom. The lowest BCUT2D eigenvalue weighted by Gasteiger charge is -2.20. The van der Waals surface area contributed by atoms with Crippen LogP contribution in [0.25, 0.3) is 0 Å². The van der Waals surface area contributed by atoms with Gasteiger partial charge in [0.05, 0.1) is 6.61 Å². The zero-order chi connectivity index (χ0) is 12.8. The van der Waals surface area contributed by atoms with Crippen molar-refractivity contribution in [1.29, 1.82) is 0 Å². The van der Waals surface area contributed by atoms with Crippen molar-refractivity contribution in [1.82, 2.24) is 0 Å². The summed E-state index contributed by atoms with van der Waals surface area (Å²) in [4.78, 5) is 23.4. The largest absolute Gasteiger partial charge is 0.464 e. The van der Waals surface area contributed by atoms with Gasteiger partial charge in [0.2, 0.25) is 0 Å². The SMILES string of the molecule is CCCOC(=O)C(C)(S)C(=O)CCC(C)C. The van der Waals surface area contributed by atoms with E-state index in [-0.39, 0.29) is 5.78 Å². The number of carbonyl (C=O) groups is 2. The molecule has 0 saturated heterocycles. The summed E-state index contributed by atoms with van der Waals surface area (Å²) >= 11 is 4.13. The van der Waals surface area contributed by atoms with Gasteiger partial charge in [0.1, 0.15) is 0 Å². The van der Waals surface area contributed by atoms with Crippen molar-refractivity contribution in [2.45, 2.75) is 51.7 Å². The summed E-state index contributed by atoms with van der Waals surface area (Å²) in [5, 5.41) is 0. The number of ketones is 1. The van der Waals surface area contributed by atoms with Crippen molar-refractivity contribution in [2.24, 2.45) is 5.92 Å². The standard InChI is InChI=1S/C12H22O3S/c1-5-8-15-11(14)12(4,16)10(13)7-6-9(2)3/h9,16H,5-8H2,1-4H3. The molecule has 3 nitrogen and oxygen atoms in total. The van der Waals surface area contributed by atoms with Gasteiger partial charge in [-0.3, -0.25) is 9.59 Å². The van der Waals surface area contributed by atoms with Crippen molar-refractivity contribution in [3.8, 4) is 0 Å². The van der Waals surface area contributed by atoms with Gasteiger partial charge < -0.3 is 4.74 Å². The number of carbonyl (C=O) groups excluding carboxylic acids is 2. The molecule has 0 aromatic carbocycles. The normalized spacial score (nSPS) is 14.6. The van der Waals surface area contributed by atoms with Crippen LogP contribution in [0.5, 0.6) is 0 Å². The van der Waals surface area contributed by atoms with Crippen LogP contribution in [0.3, 0.4) is 0 Å². The van der Waals surface area contributed by atoms with E-state index in [1.54, 1.807) is 0 Å². The van der Waals surface area contributed by atoms with Gasteiger partial charge in [-0.25, -0.2) is 0 Å². The zero-order valence-electron chi connectivity index (χ0n) is 10.6. The van der Waals surface area contributed by atoms with E-state index >= 15 is 0 Å². The molecule has 0 aromatic heterocycles. The number of Topliss-reactive ketones (excluding diaryl/α,β-unsaturated/α-hetero) is 1. The van der Waals surface area contributed by atoms with Crippen LogP contribution in [0.2, 0.25) is 0 Å². The molecule has 0 aliphatic carbocycles. The summed E-state index contributed by atoms with van der Waals surface area (Å²) < 4.78 is 3.65. The summed E-state index contributed by atoms with van der Waals surface area (Å²) in [7, 11) is 0. The van der Waals surface area contributed by atoms with E-state index < -0.39 is 10.7 Å². The summed E-state index contributed by atoms with van der Waals surface area (Å²) in [6.45, 7) is 7.84. The lowest BCUT2D eigenvalue weighted by Crippen LogP contribution is -2.40. The number of ether oxygens (including phenoxy) is 1. The van der Waals surface area contributed by atoms with Gasteiger partial charge >= 0.3 is 5.97 Å². The average Bonchev–Trinajstić information content (AvgIpc) is 2.21. The van der Waals surface area contributed by atoms with Crippen molar-refractivity contribution >= 4 is 24.4 Å². The lowest BCUT2D eigenvalue weighted by molar-refractivity contribution is -0.149. The zero-order valence-corrected chi connectivity index (χ0v) is 11.5. The van der Waals surface area contributed by atoms with E-state index in [1.165, 1.54) is 6.92 Å². The summed E-state index contributed by atoms with van der Waals surface area (Å²) in [5.74, 6) is -0.253. The van der Waals surface area contributed by atoms with Crippen LogP contribution in [0.4, 0.5) is 0 Å². The second kappa shape index (κ2) is 6.94. The smallest absolute Gasteiger partial charge is 0.329 e. The molecule has 0 N–H and O–H groups in total. The van der Waals surface area contributed by atoms with Crippen LogP contribution in [0.15, 0.2) is 0 Å². The maximum absolute atomic E-state index is 11.8. The first-order valence-electron chi connectivity index (χ1n) is 5.75. The minimum atomic E-state index is -1.30. The Hall–Kier alpha value is -0.510. The minimum Gasteiger partial charge on any atom is -0.464 e. The number of hydrogen-bond donors (Lipinski definition) is 1. The highest BCUT2D eigenvalue weighted by atomic mass is 32.1. The lowest BCUT2D eigenvalue weighted by atomic mass is 9.97. The molecule has 0 amide bonds.